The zero-order valence-electron chi connectivity index (χ0n) is 8.08. The summed E-state index contributed by atoms with van der Waals surface area (Å²) < 4.78 is 0. The van der Waals surface area contributed by atoms with Gasteiger partial charge in [-0.05, 0) is 36.3 Å². The van der Waals surface area contributed by atoms with Crippen molar-refractivity contribution in [3.05, 3.63) is 29.0 Å². The lowest BCUT2D eigenvalue weighted by Gasteiger charge is -2.09. The SMILES string of the molecule is CC1CC1C(Cl)Cc1ccncc1Cl. The summed E-state index contributed by atoms with van der Waals surface area (Å²) in [7, 11) is 0. The minimum absolute atomic E-state index is 0.227. The number of hydrogen-bond donors (Lipinski definition) is 0. The van der Waals surface area contributed by atoms with Gasteiger partial charge in [-0.1, -0.05) is 18.5 Å². The van der Waals surface area contributed by atoms with Crippen molar-refractivity contribution >= 4 is 23.2 Å². The maximum absolute atomic E-state index is 6.30. The van der Waals surface area contributed by atoms with E-state index in [1.54, 1.807) is 12.4 Å². The molecule has 3 heteroatoms. The lowest BCUT2D eigenvalue weighted by atomic mass is 10.1. The Labute approximate surface area is 94.4 Å². The highest BCUT2D eigenvalue weighted by Crippen LogP contribution is 2.44. The first-order chi connectivity index (χ1) is 6.68. The van der Waals surface area contributed by atoms with Crippen LogP contribution in [0.3, 0.4) is 0 Å². The van der Waals surface area contributed by atoms with Crippen LogP contribution in [0.1, 0.15) is 18.9 Å². The number of hydrogen-bond acceptors (Lipinski definition) is 1. The monoisotopic (exact) mass is 229 g/mol. The Morgan fingerprint density at radius 1 is 1.64 bits per heavy atom. The molecule has 76 valence electrons. The minimum Gasteiger partial charge on any atom is -0.263 e. The third-order valence-electron chi connectivity index (χ3n) is 2.91. The number of alkyl halides is 1. The standard InChI is InChI=1S/C11H13Cl2N/c1-7-4-9(7)10(12)5-8-2-3-14-6-11(8)13/h2-3,6-7,9-10H,4-5H2,1H3. The van der Waals surface area contributed by atoms with Crippen molar-refractivity contribution < 1.29 is 0 Å². The molecule has 1 fully saturated rings. The van der Waals surface area contributed by atoms with E-state index in [-0.39, 0.29) is 5.38 Å². The summed E-state index contributed by atoms with van der Waals surface area (Å²) in [6.45, 7) is 2.24. The molecule has 1 aliphatic carbocycles. The number of rotatable bonds is 3. The van der Waals surface area contributed by atoms with E-state index in [9.17, 15) is 0 Å². The van der Waals surface area contributed by atoms with Crippen LogP contribution in [0.25, 0.3) is 0 Å². The first-order valence-corrected chi connectivity index (χ1v) is 5.72. The van der Waals surface area contributed by atoms with Crippen molar-refractivity contribution in [1.29, 1.82) is 0 Å². The van der Waals surface area contributed by atoms with Crippen molar-refractivity contribution in [2.75, 3.05) is 0 Å². The smallest absolute Gasteiger partial charge is 0.0621 e. The average molecular weight is 230 g/mol. The van der Waals surface area contributed by atoms with Crippen LogP contribution in [0, 0.1) is 11.8 Å². The molecule has 2 rings (SSSR count). The Hall–Kier alpha value is -0.270. The molecule has 0 radical (unpaired) electrons. The van der Waals surface area contributed by atoms with E-state index < -0.39 is 0 Å². The van der Waals surface area contributed by atoms with E-state index in [2.05, 4.69) is 11.9 Å². The van der Waals surface area contributed by atoms with E-state index in [0.717, 1.165) is 22.9 Å². The predicted molar refractivity (Wildman–Crippen MR) is 59.9 cm³/mol. The third kappa shape index (κ3) is 2.21. The van der Waals surface area contributed by atoms with Crippen LogP contribution in [-0.4, -0.2) is 10.4 Å². The molecule has 1 nitrogen and oxygen atoms in total. The molecule has 1 aromatic rings. The van der Waals surface area contributed by atoms with Gasteiger partial charge in [0, 0.05) is 17.8 Å². The number of nitrogens with zero attached hydrogens (tertiary/aromatic N) is 1. The van der Waals surface area contributed by atoms with Gasteiger partial charge in [-0.3, -0.25) is 4.98 Å². The molecule has 3 atom stereocenters. The van der Waals surface area contributed by atoms with Gasteiger partial charge in [0.1, 0.15) is 0 Å². The van der Waals surface area contributed by atoms with Crippen LogP contribution in [0.15, 0.2) is 18.5 Å². The van der Waals surface area contributed by atoms with Gasteiger partial charge in [0.2, 0.25) is 0 Å². The van der Waals surface area contributed by atoms with Gasteiger partial charge in [-0.2, -0.15) is 0 Å². The fraction of sp³-hybridized carbons (Fsp3) is 0.545. The van der Waals surface area contributed by atoms with Gasteiger partial charge < -0.3 is 0 Å². The molecule has 1 heterocycles. The summed E-state index contributed by atoms with van der Waals surface area (Å²) >= 11 is 12.3. The summed E-state index contributed by atoms with van der Waals surface area (Å²) in [5.74, 6) is 1.47. The highest BCUT2D eigenvalue weighted by molar-refractivity contribution is 6.31. The zero-order valence-corrected chi connectivity index (χ0v) is 9.59. The molecule has 14 heavy (non-hydrogen) atoms. The Bertz CT molecular complexity index is 327. The Morgan fingerprint density at radius 2 is 2.36 bits per heavy atom. The lowest BCUT2D eigenvalue weighted by Crippen LogP contribution is -2.07. The first-order valence-electron chi connectivity index (χ1n) is 4.91. The van der Waals surface area contributed by atoms with E-state index in [1.807, 2.05) is 6.07 Å². The van der Waals surface area contributed by atoms with Gasteiger partial charge in [0.15, 0.2) is 0 Å². The third-order valence-corrected chi connectivity index (χ3v) is 3.73. The molecule has 0 saturated heterocycles. The summed E-state index contributed by atoms with van der Waals surface area (Å²) in [5, 5.41) is 0.955. The second-order valence-electron chi connectivity index (χ2n) is 4.06. The van der Waals surface area contributed by atoms with Gasteiger partial charge in [0.05, 0.1) is 5.02 Å². The molecule has 0 aromatic carbocycles. The molecule has 0 aliphatic heterocycles. The van der Waals surface area contributed by atoms with Crippen molar-refractivity contribution in [3.63, 3.8) is 0 Å². The van der Waals surface area contributed by atoms with Crippen LogP contribution in [-0.2, 0) is 6.42 Å². The highest BCUT2D eigenvalue weighted by Gasteiger charge is 2.38. The summed E-state index contributed by atoms with van der Waals surface area (Å²) in [5.41, 5.74) is 1.11. The van der Waals surface area contributed by atoms with E-state index in [0.29, 0.717) is 5.92 Å². The Balaban J connectivity index is 2.00. The maximum atomic E-state index is 6.30. The van der Waals surface area contributed by atoms with Crippen molar-refractivity contribution in [3.8, 4) is 0 Å². The van der Waals surface area contributed by atoms with Crippen molar-refractivity contribution in [2.24, 2.45) is 11.8 Å². The topological polar surface area (TPSA) is 12.9 Å². The van der Waals surface area contributed by atoms with Gasteiger partial charge in [-0.15, -0.1) is 11.6 Å². The maximum Gasteiger partial charge on any atom is 0.0621 e. The van der Waals surface area contributed by atoms with Crippen molar-refractivity contribution in [2.45, 2.75) is 25.1 Å². The quantitative estimate of drug-likeness (QED) is 0.723. The molecule has 0 amide bonds. The summed E-state index contributed by atoms with van der Waals surface area (Å²) in [6, 6.07) is 1.95. The highest BCUT2D eigenvalue weighted by atomic mass is 35.5. The molecule has 0 N–H and O–H groups in total. The Morgan fingerprint density at radius 3 is 2.93 bits per heavy atom. The molecule has 0 bridgehead atoms. The zero-order chi connectivity index (χ0) is 10.1. The van der Waals surface area contributed by atoms with E-state index in [4.69, 9.17) is 23.2 Å². The molecular formula is C11H13Cl2N. The largest absolute Gasteiger partial charge is 0.263 e. The average Bonchev–Trinajstić information content (AvgIpc) is 2.87. The molecular weight excluding hydrogens is 217 g/mol. The van der Waals surface area contributed by atoms with Gasteiger partial charge in [0.25, 0.3) is 0 Å². The molecule has 1 aromatic heterocycles. The lowest BCUT2D eigenvalue weighted by molar-refractivity contribution is 0.682. The van der Waals surface area contributed by atoms with Gasteiger partial charge in [-0.25, -0.2) is 0 Å². The second-order valence-corrected chi connectivity index (χ2v) is 5.03. The first kappa shape index (κ1) is 10.3. The summed E-state index contributed by atoms with van der Waals surface area (Å²) in [4.78, 5) is 3.95. The van der Waals surface area contributed by atoms with Crippen LogP contribution >= 0.6 is 23.2 Å². The van der Waals surface area contributed by atoms with Crippen LogP contribution in [0.5, 0.6) is 0 Å². The van der Waals surface area contributed by atoms with Crippen LogP contribution in [0.4, 0.5) is 0 Å². The van der Waals surface area contributed by atoms with Crippen LogP contribution < -0.4 is 0 Å². The van der Waals surface area contributed by atoms with E-state index >= 15 is 0 Å². The van der Waals surface area contributed by atoms with Crippen LogP contribution in [0.2, 0.25) is 5.02 Å². The normalized spacial score (nSPS) is 27.4. The fourth-order valence-corrected chi connectivity index (χ4v) is 2.50. The van der Waals surface area contributed by atoms with E-state index in [1.165, 1.54) is 6.42 Å². The molecule has 0 spiro atoms. The minimum atomic E-state index is 0.227. The number of pyridine rings is 1. The fourth-order valence-electron chi connectivity index (χ4n) is 1.79. The van der Waals surface area contributed by atoms with Crippen molar-refractivity contribution in [1.82, 2.24) is 4.98 Å². The van der Waals surface area contributed by atoms with Gasteiger partial charge >= 0.3 is 0 Å². The molecule has 1 saturated carbocycles. The number of aromatic nitrogens is 1. The second kappa shape index (κ2) is 4.08. The molecule has 1 aliphatic rings. The Kier molecular flexibility index (Phi) is 2.99. The number of halogens is 2. The summed E-state index contributed by atoms with van der Waals surface area (Å²) in [6.07, 6.45) is 5.56. The predicted octanol–water partition coefficient (Wildman–Crippen LogP) is 3.54. The molecule has 3 unspecified atom stereocenters.